The summed E-state index contributed by atoms with van der Waals surface area (Å²) in [5.41, 5.74) is 3.79. The first-order chi connectivity index (χ1) is 9.40. The van der Waals surface area contributed by atoms with Gasteiger partial charge in [0, 0.05) is 24.1 Å². The predicted octanol–water partition coefficient (Wildman–Crippen LogP) is 0.221. The summed E-state index contributed by atoms with van der Waals surface area (Å²) in [5, 5.41) is 18.9. The van der Waals surface area contributed by atoms with E-state index in [2.05, 4.69) is 0 Å². The number of nitrogens with zero attached hydrogens (tertiary/aromatic N) is 1. The topological polar surface area (TPSA) is 139 Å². The predicted molar refractivity (Wildman–Crippen MR) is 65.6 cm³/mol. The highest BCUT2D eigenvalue weighted by atomic mass is 16.6. The van der Waals surface area contributed by atoms with Gasteiger partial charge in [-0.3, -0.25) is 35.3 Å². The highest BCUT2D eigenvalue weighted by molar-refractivity contribution is 5.96. The van der Waals surface area contributed by atoms with Crippen LogP contribution in [0.4, 0.5) is 5.69 Å². The first kappa shape index (κ1) is 15.1. The van der Waals surface area contributed by atoms with E-state index in [4.69, 9.17) is 5.11 Å². The third kappa shape index (κ3) is 4.72. The minimum Gasteiger partial charge on any atom is -0.481 e. The van der Waals surface area contributed by atoms with Crippen LogP contribution in [0.3, 0.4) is 0 Å². The largest absolute Gasteiger partial charge is 0.481 e. The highest BCUT2D eigenvalue weighted by Gasteiger charge is 2.12. The number of carboxylic acid groups (broad SMARTS) is 1. The fraction of sp³-hybridized carbons (Fsp3) is 0.182. The lowest BCUT2D eigenvalue weighted by molar-refractivity contribution is -0.384. The summed E-state index contributed by atoms with van der Waals surface area (Å²) in [5.74, 6) is -2.55. The van der Waals surface area contributed by atoms with Crippen LogP contribution < -0.4 is 10.9 Å². The molecule has 9 nitrogen and oxygen atoms in total. The molecular formula is C11H11N3O6. The standard InChI is InChI=1S/C11H11N3O6/c15-9(4-5-10(16)17)12-13-11(18)7-2-1-3-8(6-7)14(19)20/h1-3,6H,4-5H2,(H,12,15)(H,13,18)(H,16,17). The summed E-state index contributed by atoms with van der Waals surface area (Å²) in [6, 6.07) is 4.95. The van der Waals surface area contributed by atoms with Crippen molar-refractivity contribution in [3.63, 3.8) is 0 Å². The zero-order valence-electron chi connectivity index (χ0n) is 10.2. The van der Waals surface area contributed by atoms with Gasteiger partial charge in [-0.1, -0.05) is 6.07 Å². The maximum atomic E-state index is 11.6. The second-order valence-electron chi connectivity index (χ2n) is 3.70. The third-order valence-electron chi connectivity index (χ3n) is 2.20. The van der Waals surface area contributed by atoms with Crippen LogP contribution >= 0.6 is 0 Å². The van der Waals surface area contributed by atoms with E-state index in [9.17, 15) is 24.5 Å². The number of hydrogen-bond donors (Lipinski definition) is 3. The molecule has 0 fully saturated rings. The fourth-order valence-corrected chi connectivity index (χ4v) is 1.24. The SMILES string of the molecule is O=C(O)CCC(=O)NNC(=O)c1cccc([N+](=O)[O-])c1. The van der Waals surface area contributed by atoms with E-state index in [0.717, 1.165) is 6.07 Å². The molecule has 0 bridgehead atoms. The summed E-state index contributed by atoms with van der Waals surface area (Å²) in [6.45, 7) is 0. The third-order valence-corrected chi connectivity index (χ3v) is 2.20. The van der Waals surface area contributed by atoms with Gasteiger partial charge in [0.2, 0.25) is 5.91 Å². The molecule has 1 rings (SSSR count). The van der Waals surface area contributed by atoms with Crippen molar-refractivity contribution in [1.82, 2.24) is 10.9 Å². The van der Waals surface area contributed by atoms with Crippen LogP contribution in [0.2, 0.25) is 0 Å². The van der Waals surface area contributed by atoms with Crippen LogP contribution in [-0.4, -0.2) is 27.8 Å². The normalized spacial score (nSPS) is 9.60. The van der Waals surface area contributed by atoms with Crippen molar-refractivity contribution in [3.05, 3.63) is 39.9 Å². The van der Waals surface area contributed by atoms with Gasteiger partial charge >= 0.3 is 5.97 Å². The van der Waals surface area contributed by atoms with Crippen molar-refractivity contribution in [2.24, 2.45) is 0 Å². The smallest absolute Gasteiger partial charge is 0.303 e. The molecule has 0 aliphatic heterocycles. The van der Waals surface area contributed by atoms with E-state index in [0.29, 0.717) is 0 Å². The van der Waals surface area contributed by atoms with Crippen LogP contribution in [0.15, 0.2) is 24.3 Å². The van der Waals surface area contributed by atoms with Gasteiger partial charge in [-0.2, -0.15) is 0 Å². The molecule has 0 atom stereocenters. The number of carbonyl (C=O) groups is 3. The number of hydrogen-bond acceptors (Lipinski definition) is 5. The lowest BCUT2D eigenvalue weighted by Crippen LogP contribution is -2.41. The highest BCUT2D eigenvalue weighted by Crippen LogP contribution is 2.12. The number of hydrazine groups is 1. The summed E-state index contributed by atoms with van der Waals surface area (Å²) >= 11 is 0. The molecule has 1 aromatic rings. The van der Waals surface area contributed by atoms with Crippen molar-refractivity contribution < 1.29 is 24.4 Å². The van der Waals surface area contributed by atoms with Crippen molar-refractivity contribution in [1.29, 1.82) is 0 Å². The fourth-order valence-electron chi connectivity index (χ4n) is 1.24. The number of carboxylic acids is 1. The number of rotatable bonds is 5. The summed E-state index contributed by atoms with van der Waals surface area (Å²) in [7, 11) is 0. The monoisotopic (exact) mass is 281 g/mol. The van der Waals surface area contributed by atoms with Crippen molar-refractivity contribution >= 4 is 23.5 Å². The first-order valence-corrected chi connectivity index (χ1v) is 5.45. The Kier molecular flexibility index (Phi) is 5.15. The lowest BCUT2D eigenvalue weighted by atomic mass is 10.2. The minimum absolute atomic E-state index is 0.00210. The Bertz CT molecular complexity index is 557. The Morgan fingerprint density at radius 2 is 1.90 bits per heavy atom. The Morgan fingerprint density at radius 3 is 2.50 bits per heavy atom. The summed E-state index contributed by atoms with van der Waals surface area (Å²) in [6.07, 6.45) is -0.650. The molecule has 0 saturated heterocycles. The quantitative estimate of drug-likeness (QED) is 0.521. The lowest BCUT2D eigenvalue weighted by Gasteiger charge is -2.06. The molecular weight excluding hydrogens is 270 g/mol. The Labute approximate surface area is 112 Å². The average Bonchev–Trinajstić information content (AvgIpc) is 2.42. The Hall–Kier alpha value is -2.97. The van der Waals surface area contributed by atoms with Gasteiger partial charge in [0.05, 0.1) is 11.3 Å². The number of benzene rings is 1. The summed E-state index contributed by atoms with van der Waals surface area (Å²) in [4.78, 5) is 42.9. The van der Waals surface area contributed by atoms with Crippen LogP contribution in [0, 0.1) is 10.1 Å². The van der Waals surface area contributed by atoms with Gasteiger partial charge in [0.1, 0.15) is 0 Å². The number of non-ortho nitro benzene ring substituents is 1. The maximum absolute atomic E-state index is 11.6. The molecule has 0 aliphatic rings. The van der Waals surface area contributed by atoms with Crippen LogP contribution in [0.5, 0.6) is 0 Å². The first-order valence-electron chi connectivity index (χ1n) is 5.45. The van der Waals surface area contributed by atoms with Gasteiger partial charge in [-0.05, 0) is 6.07 Å². The zero-order valence-corrected chi connectivity index (χ0v) is 10.2. The molecule has 9 heteroatoms. The second kappa shape index (κ2) is 6.83. The van der Waals surface area contributed by atoms with Crippen molar-refractivity contribution in [2.45, 2.75) is 12.8 Å². The number of nitro groups is 1. The van der Waals surface area contributed by atoms with E-state index in [1.165, 1.54) is 18.2 Å². The average molecular weight is 281 g/mol. The summed E-state index contributed by atoms with van der Waals surface area (Å²) < 4.78 is 0. The van der Waals surface area contributed by atoms with E-state index in [-0.39, 0.29) is 24.1 Å². The number of amides is 2. The Balaban J connectivity index is 2.54. The van der Waals surface area contributed by atoms with Crippen molar-refractivity contribution in [2.75, 3.05) is 0 Å². The minimum atomic E-state index is -1.13. The molecule has 0 spiro atoms. The van der Waals surface area contributed by atoms with Gasteiger partial charge in [0.15, 0.2) is 0 Å². The van der Waals surface area contributed by atoms with Gasteiger partial charge in [0.25, 0.3) is 11.6 Å². The van der Waals surface area contributed by atoms with E-state index in [1.807, 2.05) is 10.9 Å². The van der Waals surface area contributed by atoms with Crippen LogP contribution in [-0.2, 0) is 9.59 Å². The number of nitro benzene ring substituents is 1. The van der Waals surface area contributed by atoms with E-state index in [1.54, 1.807) is 0 Å². The van der Waals surface area contributed by atoms with Crippen molar-refractivity contribution in [3.8, 4) is 0 Å². The molecule has 1 aromatic carbocycles. The molecule has 0 aliphatic carbocycles. The Morgan fingerprint density at radius 1 is 1.20 bits per heavy atom. The maximum Gasteiger partial charge on any atom is 0.303 e. The number of nitrogens with one attached hydrogen (secondary N) is 2. The zero-order chi connectivity index (χ0) is 15.1. The number of carbonyl (C=O) groups excluding carboxylic acids is 2. The molecule has 2 amide bonds. The molecule has 0 radical (unpaired) electrons. The molecule has 0 unspecified atom stereocenters. The molecule has 3 N–H and O–H groups in total. The second-order valence-corrected chi connectivity index (χ2v) is 3.70. The molecule has 106 valence electrons. The van der Waals surface area contributed by atoms with Gasteiger partial charge in [-0.15, -0.1) is 0 Å². The molecule has 20 heavy (non-hydrogen) atoms. The molecule has 0 saturated carbocycles. The number of aliphatic carboxylic acids is 1. The molecule has 0 aromatic heterocycles. The van der Waals surface area contributed by atoms with Gasteiger partial charge < -0.3 is 5.11 Å². The van der Waals surface area contributed by atoms with Crippen LogP contribution in [0.1, 0.15) is 23.2 Å². The van der Waals surface area contributed by atoms with E-state index < -0.39 is 22.7 Å². The van der Waals surface area contributed by atoms with Crippen LogP contribution in [0.25, 0.3) is 0 Å². The van der Waals surface area contributed by atoms with Gasteiger partial charge in [-0.25, -0.2) is 0 Å². The molecule has 0 heterocycles. The van der Waals surface area contributed by atoms with E-state index >= 15 is 0 Å².